The Morgan fingerprint density at radius 2 is 1.75 bits per heavy atom. The van der Waals surface area contributed by atoms with E-state index >= 15 is 0 Å². The van der Waals surface area contributed by atoms with Crippen LogP contribution in [-0.4, -0.2) is 25.2 Å². The van der Waals surface area contributed by atoms with Gasteiger partial charge in [0.15, 0.2) is 0 Å². The monoisotopic (exact) mass is 470 g/mol. The Labute approximate surface area is 197 Å². The first kappa shape index (κ1) is 22.5. The van der Waals surface area contributed by atoms with E-state index in [-0.39, 0.29) is 18.4 Å². The average Bonchev–Trinajstić information content (AvgIpc) is 3.31. The Morgan fingerprint density at radius 1 is 1.00 bits per heavy atom. The average molecular weight is 471 g/mol. The van der Waals surface area contributed by atoms with Crippen molar-refractivity contribution in [3.8, 4) is 5.75 Å². The number of rotatable bonds is 8. The quantitative estimate of drug-likeness (QED) is 0.395. The van der Waals surface area contributed by atoms with Crippen molar-refractivity contribution in [2.75, 3.05) is 23.8 Å². The van der Waals surface area contributed by atoms with Crippen LogP contribution in [0.1, 0.15) is 18.4 Å². The van der Waals surface area contributed by atoms with Crippen molar-refractivity contribution in [3.05, 3.63) is 82.3 Å². The molecule has 1 atom stereocenters. The third kappa shape index (κ3) is 5.94. The van der Waals surface area contributed by atoms with Gasteiger partial charge in [0.1, 0.15) is 12.4 Å². The number of para-hydroxylation sites is 2. The molecule has 3 aromatic carbocycles. The van der Waals surface area contributed by atoms with Crippen molar-refractivity contribution in [3.63, 3.8) is 0 Å². The smallest absolute Gasteiger partial charge is 0.228 e. The summed E-state index contributed by atoms with van der Waals surface area (Å²) < 4.78 is 11.3. The van der Waals surface area contributed by atoms with E-state index in [0.717, 1.165) is 36.4 Å². The molecule has 0 bridgehead atoms. The number of hydrogen-bond acceptors (Lipinski definition) is 4. The lowest BCUT2D eigenvalue weighted by atomic mass is 10.1. The zero-order valence-corrected chi connectivity index (χ0v) is 19.0. The highest BCUT2D eigenvalue weighted by molar-refractivity contribution is 6.39. The van der Waals surface area contributed by atoms with Crippen LogP contribution in [0.25, 0.3) is 0 Å². The van der Waals surface area contributed by atoms with Gasteiger partial charge in [0.25, 0.3) is 0 Å². The van der Waals surface area contributed by atoms with Gasteiger partial charge in [-0.15, -0.1) is 0 Å². The van der Waals surface area contributed by atoms with Crippen LogP contribution in [0.5, 0.6) is 5.75 Å². The van der Waals surface area contributed by atoms with Crippen LogP contribution in [0.2, 0.25) is 10.0 Å². The molecule has 1 saturated heterocycles. The lowest BCUT2D eigenvalue weighted by Crippen LogP contribution is -2.16. The molecule has 0 aromatic heterocycles. The van der Waals surface area contributed by atoms with E-state index in [2.05, 4.69) is 10.6 Å². The second kappa shape index (κ2) is 10.7. The second-order valence-electron chi connectivity index (χ2n) is 7.57. The van der Waals surface area contributed by atoms with Gasteiger partial charge >= 0.3 is 0 Å². The van der Waals surface area contributed by atoms with Gasteiger partial charge in [-0.25, -0.2) is 0 Å². The van der Waals surface area contributed by atoms with Crippen LogP contribution in [0.4, 0.5) is 17.1 Å². The third-order valence-corrected chi connectivity index (χ3v) is 5.82. The normalized spacial score (nSPS) is 15.4. The van der Waals surface area contributed by atoms with Crippen molar-refractivity contribution in [1.82, 2.24) is 0 Å². The molecule has 2 N–H and O–H groups in total. The summed E-state index contributed by atoms with van der Waals surface area (Å²) in [6.07, 6.45) is 2.49. The molecule has 3 aromatic rings. The van der Waals surface area contributed by atoms with Gasteiger partial charge in [-0.3, -0.25) is 4.79 Å². The van der Waals surface area contributed by atoms with Crippen molar-refractivity contribution in [1.29, 1.82) is 0 Å². The second-order valence-corrected chi connectivity index (χ2v) is 8.39. The largest absolute Gasteiger partial charge is 0.491 e. The molecular formula is C25H24Cl2N2O3. The fraction of sp³-hybridized carbons (Fsp3) is 0.240. The molecule has 166 valence electrons. The number of anilines is 3. The highest BCUT2D eigenvalue weighted by Gasteiger charge is 2.16. The molecule has 32 heavy (non-hydrogen) atoms. The van der Waals surface area contributed by atoms with Crippen LogP contribution >= 0.6 is 23.2 Å². The fourth-order valence-corrected chi connectivity index (χ4v) is 4.02. The highest BCUT2D eigenvalue weighted by Crippen LogP contribution is 2.33. The minimum atomic E-state index is -0.127. The Hall–Kier alpha value is -2.73. The molecule has 1 amide bonds. The van der Waals surface area contributed by atoms with E-state index < -0.39 is 0 Å². The Kier molecular flexibility index (Phi) is 7.53. The Balaban J connectivity index is 1.36. The van der Waals surface area contributed by atoms with Crippen LogP contribution in [-0.2, 0) is 16.0 Å². The van der Waals surface area contributed by atoms with E-state index in [0.29, 0.717) is 28.0 Å². The maximum absolute atomic E-state index is 12.7. The molecule has 1 heterocycles. The standard InChI is InChI=1S/C25H24Cl2N2O3/c26-21-7-3-8-22(27)25(21)29-23-9-2-1-5-17(23)15-24(30)28-18-10-12-19(13-11-18)32-16-20-6-4-14-31-20/h1-3,5,7-13,20,29H,4,6,14-16H2,(H,28,30). The van der Waals surface area contributed by atoms with Crippen molar-refractivity contribution >= 4 is 46.2 Å². The maximum Gasteiger partial charge on any atom is 0.228 e. The number of benzene rings is 3. The summed E-state index contributed by atoms with van der Waals surface area (Å²) in [4.78, 5) is 12.7. The molecule has 7 heteroatoms. The zero-order valence-electron chi connectivity index (χ0n) is 17.4. The van der Waals surface area contributed by atoms with Gasteiger partial charge in [0, 0.05) is 18.0 Å². The number of carbonyl (C=O) groups is 1. The molecule has 1 aliphatic rings. The predicted octanol–water partition coefficient (Wildman–Crippen LogP) is 6.48. The van der Waals surface area contributed by atoms with Crippen LogP contribution < -0.4 is 15.4 Å². The lowest BCUT2D eigenvalue weighted by Gasteiger charge is -2.15. The minimum Gasteiger partial charge on any atom is -0.491 e. The molecule has 1 aliphatic heterocycles. The van der Waals surface area contributed by atoms with Gasteiger partial charge in [-0.2, -0.15) is 0 Å². The van der Waals surface area contributed by atoms with Crippen LogP contribution in [0, 0.1) is 0 Å². The molecule has 1 fully saturated rings. The number of hydrogen-bond donors (Lipinski definition) is 2. The van der Waals surface area contributed by atoms with Crippen LogP contribution in [0.3, 0.4) is 0 Å². The van der Waals surface area contributed by atoms with Crippen molar-refractivity contribution in [2.24, 2.45) is 0 Å². The third-order valence-electron chi connectivity index (χ3n) is 5.19. The first-order valence-corrected chi connectivity index (χ1v) is 11.3. The van der Waals surface area contributed by atoms with E-state index in [4.69, 9.17) is 32.7 Å². The molecule has 4 rings (SSSR count). The van der Waals surface area contributed by atoms with E-state index in [1.54, 1.807) is 18.2 Å². The number of carbonyl (C=O) groups excluding carboxylic acids is 1. The van der Waals surface area contributed by atoms with Gasteiger partial charge in [0.05, 0.1) is 28.3 Å². The lowest BCUT2D eigenvalue weighted by molar-refractivity contribution is -0.115. The maximum atomic E-state index is 12.7. The molecular weight excluding hydrogens is 447 g/mol. The molecule has 0 spiro atoms. The van der Waals surface area contributed by atoms with Gasteiger partial charge in [-0.05, 0) is 60.9 Å². The summed E-state index contributed by atoms with van der Waals surface area (Å²) in [7, 11) is 0. The number of amides is 1. The molecule has 1 unspecified atom stereocenters. The SMILES string of the molecule is O=C(Cc1ccccc1Nc1c(Cl)cccc1Cl)Nc1ccc(OCC2CCCO2)cc1. The molecule has 0 aliphatic carbocycles. The first-order chi connectivity index (χ1) is 15.6. The number of ether oxygens (including phenoxy) is 2. The van der Waals surface area contributed by atoms with E-state index in [9.17, 15) is 4.79 Å². The van der Waals surface area contributed by atoms with E-state index in [1.807, 2.05) is 48.5 Å². The highest BCUT2D eigenvalue weighted by atomic mass is 35.5. The summed E-state index contributed by atoms with van der Waals surface area (Å²) in [5.41, 5.74) is 2.93. The summed E-state index contributed by atoms with van der Waals surface area (Å²) in [6, 6.07) is 20.2. The summed E-state index contributed by atoms with van der Waals surface area (Å²) in [5.74, 6) is 0.627. The Morgan fingerprint density at radius 3 is 2.47 bits per heavy atom. The van der Waals surface area contributed by atoms with Crippen LogP contribution in [0.15, 0.2) is 66.7 Å². The topological polar surface area (TPSA) is 59.6 Å². The van der Waals surface area contributed by atoms with Gasteiger partial charge in [-0.1, -0.05) is 47.5 Å². The summed E-state index contributed by atoms with van der Waals surface area (Å²) in [5, 5.41) is 7.21. The predicted molar refractivity (Wildman–Crippen MR) is 129 cm³/mol. The first-order valence-electron chi connectivity index (χ1n) is 10.5. The summed E-state index contributed by atoms with van der Waals surface area (Å²) in [6.45, 7) is 1.36. The molecule has 5 nitrogen and oxygen atoms in total. The fourth-order valence-electron chi connectivity index (χ4n) is 3.53. The van der Waals surface area contributed by atoms with Gasteiger partial charge < -0.3 is 20.1 Å². The minimum absolute atomic E-state index is 0.127. The summed E-state index contributed by atoms with van der Waals surface area (Å²) >= 11 is 12.5. The van der Waals surface area contributed by atoms with Crippen molar-refractivity contribution < 1.29 is 14.3 Å². The molecule has 0 saturated carbocycles. The number of nitrogens with one attached hydrogen (secondary N) is 2. The molecule has 0 radical (unpaired) electrons. The zero-order chi connectivity index (χ0) is 22.3. The van der Waals surface area contributed by atoms with E-state index in [1.165, 1.54) is 0 Å². The Bertz CT molecular complexity index is 1050. The van der Waals surface area contributed by atoms with Crippen molar-refractivity contribution in [2.45, 2.75) is 25.4 Å². The number of halogens is 2. The van der Waals surface area contributed by atoms with Gasteiger partial charge in [0.2, 0.25) is 5.91 Å².